The van der Waals surface area contributed by atoms with Crippen LogP contribution >= 0.6 is 0 Å². The Balaban J connectivity index is 1.53. The highest BCUT2D eigenvalue weighted by Crippen LogP contribution is 2.21. The van der Waals surface area contributed by atoms with Crippen LogP contribution in [0.1, 0.15) is 32.7 Å². The van der Waals surface area contributed by atoms with E-state index in [1.165, 1.54) is 0 Å². The number of benzene rings is 2. The first-order valence-electron chi connectivity index (χ1n) is 8.47. The van der Waals surface area contributed by atoms with Gasteiger partial charge in [0.1, 0.15) is 13.0 Å². The Hall–Kier alpha value is -3.99. The van der Waals surface area contributed by atoms with E-state index >= 15 is 0 Å². The largest absolute Gasteiger partial charge is 0.350 e. The lowest BCUT2D eigenvalue weighted by molar-refractivity contribution is -0.121. The van der Waals surface area contributed by atoms with Gasteiger partial charge in [-0.2, -0.15) is 5.26 Å². The summed E-state index contributed by atoms with van der Waals surface area (Å²) in [5.41, 5.74) is 1.92. The zero-order valence-electron chi connectivity index (χ0n) is 14.8. The van der Waals surface area contributed by atoms with Crippen LogP contribution in [-0.2, 0) is 16.1 Å². The number of hydrogen-bond acceptors (Lipinski definition) is 5. The number of fused-ring (bicyclic) bond motifs is 1. The van der Waals surface area contributed by atoms with Gasteiger partial charge in [-0.25, -0.2) is 0 Å². The second-order valence-electron chi connectivity index (χ2n) is 6.10. The van der Waals surface area contributed by atoms with Crippen LogP contribution in [0.3, 0.4) is 0 Å². The first kappa shape index (κ1) is 18.8. The molecule has 0 saturated carbocycles. The van der Waals surface area contributed by atoms with Crippen LogP contribution < -0.4 is 10.6 Å². The van der Waals surface area contributed by atoms with Crippen molar-refractivity contribution < 1.29 is 19.2 Å². The van der Waals surface area contributed by atoms with E-state index in [0.29, 0.717) is 16.8 Å². The summed E-state index contributed by atoms with van der Waals surface area (Å²) >= 11 is 0. The van der Waals surface area contributed by atoms with E-state index in [2.05, 4.69) is 10.6 Å². The van der Waals surface area contributed by atoms with E-state index in [4.69, 9.17) is 5.26 Å². The molecule has 2 aromatic carbocycles. The lowest BCUT2D eigenvalue weighted by atomic mass is 10.1. The molecule has 0 spiro atoms. The minimum atomic E-state index is -0.479. The summed E-state index contributed by atoms with van der Waals surface area (Å²) in [5, 5.41) is 13.7. The van der Waals surface area contributed by atoms with Gasteiger partial charge < -0.3 is 10.6 Å². The molecule has 0 fully saturated rings. The van der Waals surface area contributed by atoms with E-state index in [1.54, 1.807) is 54.6 Å². The molecular weight excluding hydrogens is 360 g/mol. The van der Waals surface area contributed by atoms with Crippen molar-refractivity contribution in [1.82, 2.24) is 10.2 Å². The number of hydrogen-bond donors (Lipinski definition) is 2. The molecule has 2 aromatic rings. The molecule has 8 heteroatoms. The van der Waals surface area contributed by atoms with E-state index < -0.39 is 23.6 Å². The van der Waals surface area contributed by atoms with Crippen molar-refractivity contribution in [3.8, 4) is 6.07 Å². The average molecular weight is 376 g/mol. The van der Waals surface area contributed by atoms with E-state index in [9.17, 15) is 19.2 Å². The van der Waals surface area contributed by atoms with E-state index in [0.717, 1.165) is 10.5 Å². The van der Waals surface area contributed by atoms with E-state index in [1.807, 2.05) is 0 Å². The highest BCUT2D eigenvalue weighted by atomic mass is 16.2. The number of nitriles is 1. The van der Waals surface area contributed by atoms with Gasteiger partial charge in [0, 0.05) is 12.2 Å². The minimum absolute atomic E-state index is 0.203. The fraction of sp³-hybridized carbons (Fsp3) is 0.150. The normalized spacial score (nSPS) is 12.3. The molecule has 8 nitrogen and oxygen atoms in total. The van der Waals surface area contributed by atoms with Crippen molar-refractivity contribution in [3.63, 3.8) is 0 Å². The van der Waals surface area contributed by atoms with Crippen molar-refractivity contribution in [2.75, 3.05) is 11.9 Å². The van der Waals surface area contributed by atoms with Crippen LogP contribution in [0.4, 0.5) is 5.69 Å². The van der Waals surface area contributed by atoms with Gasteiger partial charge in [-0.1, -0.05) is 24.3 Å². The summed E-state index contributed by atoms with van der Waals surface area (Å²) in [5.74, 6) is -1.81. The summed E-state index contributed by atoms with van der Waals surface area (Å²) in [7, 11) is 0. The van der Waals surface area contributed by atoms with Crippen LogP contribution in [0.2, 0.25) is 0 Å². The fourth-order valence-electron chi connectivity index (χ4n) is 2.77. The van der Waals surface area contributed by atoms with Gasteiger partial charge in [0.25, 0.3) is 11.8 Å². The fourth-order valence-corrected chi connectivity index (χ4v) is 2.77. The van der Waals surface area contributed by atoms with E-state index in [-0.39, 0.29) is 19.5 Å². The maximum atomic E-state index is 12.3. The monoisotopic (exact) mass is 376 g/mol. The molecule has 0 bridgehead atoms. The third kappa shape index (κ3) is 4.04. The van der Waals surface area contributed by atoms with Crippen molar-refractivity contribution in [2.45, 2.75) is 13.0 Å². The minimum Gasteiger partial charge on any atom is -0.350 e. The van der Waals surface area contributed by atoms with Crippen LogP contribution in [0.25, 0.3) is 0 Å². The molecule has 28 heavy (non-hydrogen) atoms. The molecule has 2 N–H and O–H groups in total. The average Bonchev–Trinajstić information content (AvgIpc) is 2.93. The third-order valence-electron chi connectivity index (χ3n) is 4.15. The van der Waals surface area contributed by atoms with Crippen LogP contribution in [0.5, 0.6) is 0 Å². The number of nitrogens with zero attached hydrogens (tertiary/aromatic N) is 2. The maximum Gasteiger partial charge on any atom is 0.262 e. The number of imide groups is 1. The second kappa shape index (κ2) is 8.14. The van der Waals surface area contributed by atoms with Gasteiger partial charge in [0.2, 0.25) is 11.8 Å². The molecule has 0 radical (unpaired) electrons. The number of anilines is 1. The lowest BCUT2D eigenvalue weighted by Gasteiger charge is -2.13. The molecule has 0 unspecified atom stereocenters. The number of carbonyl (C=O) groups excluding carboxylic acids is 4. The highest BCUT2D eigenvalue weighted by Gasteiger charge is 2.36. The van der Waals surface area contributed by atoms with Gasteiger partial charge >= 0.3 is 0 Å². The first-order chi connectivity index (χ1) is 13.5. The number of nitrogens with one attached hydrogen (secondary N) is 2. The van der Waals surface area contributed by atoms with Gasteiger partial charge in [-0.3, -0.25) is 24.1 Å². The Morgan fingerprint density at radius 1 is 0.929 bits per heavy atom. The molecule has 3 rings (SSSR count). The summed E-state index contributed by atoms with van der Waals surface area (Å²) in [4.78, 5) is 49.0. The molecule has 0 saturated heterocycles. The Morgan fingerprint density at radius 2 is 1.54 bits per heavy atom. The molecule has 140 valence electrons. The summed E-state index contributed by atoms with van der Waals surface area (Å²) in [6.07, 6.45) is -0.227. The quantitative estimate of drug-likeness (QED) is 0.740. The van der Waals surface area contributed by atoms with Crippen molar-refractivity contribution >= 4 is 29.3 Å². The highest BCUT2D eigenvalue weighted by molar-refractivity contribution is 6.22. The maximum absolute atomic E-state index is 12.3. The van der Waals surface area contributed by atoms with Gasteiger partial charge in [0.05, 0.1) is 17.2 Å². The van der Waals surface area contributed by atoms with Crippen molar-refractivity contribution in [3.05, 3.63) is 65.2 Å². The predicted molar refractivity (Wildman–Crippen MR) is 99.0 cm³/mol. The Labute approximate surface area is 160 Å². The van der Waals surface area contributed by atoms with Crippen LogP contribution in [0.15, 0.2) is 48.5 Å². The van der Waals surface area contributed by atoms with Crippen LogP contribution in [-0.4, -0.2) is 35.1 Å². The molecular formula is C20H16N4O4. The summed E-state index contributed by atoms with van der Waals surface area (Å²) in [6.45, 7) is -0.150. The number of rotatable bonds is 6. The zero-order chi connectivity index (χ0) is 20.1. The Bertz CT molecular complexity index is 957. The van der Waals surface area contributed by atoms with Crippen LogP contribution in [0, 0.1) is 11.3 Å². The Kier molecular flexibility index (Phi) is 5.46. The third-order valence-corrected chi connectivity index (χ3v) is 4.15. The summed E-state index contributed by atoms with van der Waals surface area (Å²) in [6, 6.07) is 14.9. The molecule has 1 aliphatic rings. The molecule has 1 heterocycles. The zero-order valence-corrected chi connectivity index (χ0v) is 14.8. The van der Waals surface area contributed by atoms with Gasteiger partial charge in [-0.15, -0.1) is 0 Å². The molecule has 0 atom stereocenters. The van der Waals surface area contributed by atoms with Crippen molar-refractivity contribution in [1.29, 1.82) is 5.26 Å². The lowest BCUT2D eigenvalue weighted by Crippen LogP contribution is -2.40. The first-order valence-corrected chi connectivity index (χ1v) is 8.47. The standard InChI is InChI=1S/C20H16N4O4/c21-10-9-17(25)23-14-7-5-13(6-8-14)11-22-18(26)12-24-19(27)15-3-1-2-4-16(15)20(24)28/h1-8H,9,11-12H2,(H,22,26)(H,23,25). The number of amides is 4. The predicted octanol–water partition coefficient (Wildman–Crippen LogP) is 1.45. The molecule has 0 aliphatic carbocycles. The van der Waals surface area contributed by atoms with Gasteiger partial charge in [0.15, 0.2) is 0 Å². The number of carbonyl (C=O) groups is 4. The second-order valence-corrected chi connectivity index (χ2v) is 6.10. The topological polar surface area (TPSA) is 119 Å². The summed E-state index contributed by atoms with van der Waals surface area (Å²) < 4.78 is 0. The molecule has 4 amide bonds. The smallest absolute Gasteiger partial charge is 0.262 e. The van der Waals surface area contributed by atoms with Gasteiger partial charge in [-0.05, 0) is 29.8 Å². The SMILES string of the molecule is N#CCC(=O)Nc1ccc(CNC(=O)CN2C(=O)c3ccccc3C2=O)cc1. The Morgan fingerprint density at radius 3 is 2.11 bits per heavy atom. The van der Waals surface area contributed by atoms with Crippen molar-refractivity contribution in [2.24, 2.45) is 0 Å². The molecule has 0 aromatic heterocycles. The molecule has 1 aliphatic heterocycles.